The lowest BCUT2D eigenvalue weighted by atomic mass is 9.96. The van der Waals surface area contributed by atoms with Gasteiger partial charge in [-0.15, -0.1) is 0 Å². The zero-order chi connectivity index (χ0) is 13.4. The lowest BCUT2D eigenvalue weighted by Crippen LogP contribution is -2.33. The number of amides is 1. The summed E-state index contributed by atoms with van der Waals surface area (Å²) in [5, 5.41) is 2.94. The van der Waals surface area contributed by atoms with Gasteiger partial charge in [0, 0.05) is 16.9 Å². The molecule has 1 unspecified atom stereocenters. The Labute approximate surface area is 117 Å². The van der Waals surface area contributed by atoms with E-state index < -0.39 is 0 Å². The first-order chi connectivity index (χ1) is 8.69. The number of nitrogens with one attached hydrogen (secondary N) is 1. The summed E-state index contributed by atoms with van der Waals surface area (Å²) in [5.41, 5.74) is 6.59. The molecular weight excluding hydrogens is 292 g/mol. The molecule has 1 rings (SSSR count). The van der Waals surface area contributed by atoms with Gasteiger partial charge < -0.3 is 11.1 Å². The van der Waals surface area contributed by atoms with Crippen LogP contribution < -0.4 is 11.1 Å². The van der Waals surface area contributed by atoms with Crippen molar-refractivity contribution in [3.63, 3.8) is 0 Å². The molecule has 0 saturated heterocycles. The van der Waals surface area contributed by atoms with Crippen molar-refractivity contribution >= 4 is 21.8 Å². The molecule has 18 heavy (non-hydrogen) atoms. The van der Waals surface area contributed by atoms with E-state index in [1.165, 1.54) is 5.56 Å². The summed E-state index contributed by atoms with van der Waals surface area (Å²) in [6.45, 7) is 3.33. The van der Waals surface area contributed by atoms with Crippen molar-refractivity contribution in [1.29, 1.82) is 0 Å². The van der Waals surface area contributed by atoms with Crippen molar-refractivity contribution in [3.8, 4) is 0 Å². The van der Waals surface area contributed by atoms with Crippen LogP contribution in [0.25, 0.3) is 0 Å². The number of hydrogen-bond acceptors (Lipinski definition) is 2. The topological polar surface area (TPSA) is 55.1 Å². The average Bonchev–Trinajstić information content (AvgIpc) is 2.38. The monoisotopic (exact) mass is 312 g/mol. The van der Waals surface area contributed by atoms with Gasteiger partial charge in [-0.2, -0.15) is 0 Å². The minimum Gasteiger partial charge on any atom is -0.356 e. The average molecular weight is 313 g/mol. The Bertz CT molecular complexity index is 382. The van der Waals surface area contributed by atoms with E-state index in [4.69, 9.17) is 5.73 Å². The van der Waals surface area contributed by atoms with Crippen molar-refractivity contribution in [1.82, 2.24) is 5.32 Å². The molecule has 0 aliphatic heterocycles. The van der Waals surface area contributed by atoms with Gasteiger partial charge in [-0.3, -0.25) is 4.79 Å². The van der Waals surface area contributed by atoms with E-state index in [-0.39, 0.29) is 11.8 Å². The fraction of sp³-hybridized carbons (Fsp3) is 0.500. The molecule has 4 heteroatoms. The Hall–Kier alpha value is -0.870. The SMILES string of the molecule is CCC(Cc1ccccc1Br)C(=O)NCCCN. The van der Waals surface area contributed by atoms with Crippen LogP contribution in [-0.4, -0.2) is 19.0 Å². The summed E-state index contributed by atoms with van der Waals surface area (Å²) in [4.78, 5) is 12.0. The van der Waals surface area contributed by atoms with Crippen molar-refractivity contribution in [2.75, 3.05) is 13.1 Å². The molecular formula is C14H21BrN2O. The molecule has 0 radical (unpaired) electrons. The van der Waals surface area contributed by atoms with E-state index in [1.54, 1.807) is 0 Å². The zero-order valence-corrected chi connectivity index (χ0v) is 12.4. The summed E-state index contributed by atoms with van der Waals surface area (Å²) in [6.07, 6.45) is 2.44. The highest BCUT2D eigenvalue weighted by Gasteiger charge is 2.17. The molecule has 100 valence electrons. The third-order valence-electron chi connectivity index (χ3n) is 2.97. The van der Waals surface area contributed by atoms with E-state index in [0.29, 0.717) is 13.1 Å². The van der Waals surface area contributed by atoms with E-state index in [9.17, 15) is 4.79 Å². The third-order valence-corrected chi connectivity index (χ3v) is 3.74. The Balaban J connectivity index is 2.56. The predicted molar refractivity (Wildman–Crippen MR) is 78.3 cm³/mol. The molecule has 1 aromatic carbocycles. The van der Waals surface area contributed by atoms with Gasteiger partial charge in [-0.05, 0) is 37.4 Å². The summed E-state index contributed by atoms with van der Waals surface area (Å²) in [6, 6.07) is 8.04. The Morgan fingerprint density at radius 3 is 2.78 bits per heavy atom. The normalized spacial score (nSPS) is 12.2. The molecule has 0 fully saturated rings. The van der Waals surface area contributed by atoms with Crippen LogP contribution in [0.2, 0.25) is 0 Å². The smallest absolute Gasteiger partial charge is 0.223 e. The number of benzene rings is 1. The molecule has 3 N–H and O–H groups in total. The second kappa shape index (κ2) is 8.27. The molecule has 0 aliphatic rings. The standard InChI is InChI=1S/C14H21BrN2O/c1-2-11(14(18)17-9-5-8-16)10-12-6-3-4-7-13(12)15/h3-4,6-7,11H,2,5,8-10,16H2,1H3,(H,17,18). The van der Waals surface area contributed by atoms with Gasteiger partial charge in [0.05, 0.1) is 0 Å². The van der Waals surface area contributed by atoms with Crippen LogP contribution in [0.15, 0.2) is 28.7 Å². The third kappa shape index (κ3) is 4.78. The number of halogens is 1. The second-order valence-corrected chi connectivity index (χ2v) is 5.19. The lowest BCUT2D eigenvalue weighted by molar-refractivity contribution is -0.125. The molecule has 1 aromatic rings. The minimum atomic E-state index is 0.0291. The lowest BCUT2D eigenvalue weighted by Gasteiger charge is -2.15. The van der Waals surface area contributed by atoms with Gasteiger partial charge in [-0.1, -0.05) is 41.1 Å². The van der Waals surface area contributed by atoms with Crippen LogP contribution in [0.5, 0.6) is 0 Å². The molecule has 0 heterocycles. The summed E-state index contributed by atoms with van der Waals surface area (Å²) >= 11 is 3.52. The maximum absolute atomic E-state index is 12.0. The fourth-order valence-electron chi connectivity index (χ4n) is 1.81. The number of nitrogens with two attached hydrogens (primary N) is 1. The second-order valence-electron chi connectivity index (χ2n) is 4.33. The van der Waals surface area contributed by atoms with Gasteiger partial charge in [0.15, 0.2) is 0 Å². The highest BCUT2D eigenvalue weighted by Crippen LogP contribution is 2.21. The highest BCUT2D eigenvalue weighted by atomic mass is 79.9. The first-order valence-corrected chi connectivity index (χ1v) is 7.19. The predicted octanol–water partition coefficient (Wildman–Crippen LogP) is 2.48. The summed E-state index contributed by atoms with van der Waals surface area (Å²) in [7, 11) is 0. The molecule has 0 aliphatic carbocycles. The number of carbonyl (C=O) groups is 1. The fourth-order valence-corrected chi connectivity index (χ4v) is 2.26. The van der Waals surface area contributed by atoms with Crippen LogP contribution in [0, 0.1) is 5.92 Å². The highest BCUT2D eigenvalue weighted by molar-refractivity contribution is 9.10. The van der Waals surface area contributed by atoms with Crippen molar-refractivity contribution < 1.29 is 4.79 Å². The van der Waals surface area contributed by atoms with Crippen LogP contribution in [0.1, 0.15) is 25.3 Å². The summed E-state index contributed by atoms with van der Waals surface area (Å²) < 4.78 is 1.07. The van der Waals surface area contributed by atoms with Crippen molar-refractivity contribution in [3.05, 3.63) is 34.3 Å². The van der Waals surface area contributed by atoms with Crippen LogP contribution in [-0.2, 0) is 11.2 Å². The number of hydrogen-bond donors (Lipinski definition) is 2. The molecule has 0 bridgehead atoms. The maximum Gasteiger partial charge on any atom is 0.223 e. The number of rotatable bonds is 7. The Morgan fingerprint density at radius 1 is 1.44 bits per heavy atom. The molecule has 1 atom stereocenters. The van der Waals surface area contributed by atoms with Gasteiger partial charge >= 0.3 is 0 Å². The van der Waals surface area contributed by atoms with Gasteiger partial charge in [0.2, 0.25) is 5.91 Å². The molecule has 1 amide bonds. The maximum atomic E-state index is 12.0. The molecule has 0 aromatic heterocycles. The van der Waals surface area contributed by atoms with E-state index in [0.717, 1.165) is 23.7 Å². The van der Waals surface area contributed by atoms with Crippen LogP contribution in [0.4, 0.5) is 0 Å². The molecule has 0 saturated carbocycles. The van der Waals surface area contributed by atoms with Gasteiger partial charge in [-0.25, -0.2) is 0 Å². The molecule has 0 spiro atoms. The first-order valence-electron chi connectivity index (χ1n) is 6.40. The van der Waals surface area contributed by atoms with Crippen LogP contribution in [0.3, 0.4) is 0 Å². The minimum absolute atomic E-state index is 0.0291. The Kier molecular flexibility index (Phi) is 6.98. The summed E-state index contributed by atoms with van der Waals surface area (Å²) in [5.74, 6) is 0.156. The Morgan fingerprint density at radius 2 is 2.17 bits per heavy atom. The molecule has 3 nitrogen and oxygen atoms in total. The van der Waals surface area contributed by atoms with E-state index in [2.05, 4.69) is 27.3 Å². The van der Waals surface area contributed by atoms with Crippen molar-refractivity contribution in [2.24, 2.45) is 11.7 Å². The van der Waals surface area contributed by atoms with Gasteiger partial charge in [0.1, 0.15) is 0 Å². The van der Waals surface area contributed by atoms with E-state index >= 15 is 0 Å². The van der Waals surface area contributed by atoms with E-state index in [1.807, 2.05) is 25.1 Å². The van der Waals surface area contributed by atoms with Gasteiger partial charge in [0.25, 0.3) is 0 Å². The van der Waals surface area contributed by atoms with Crippen molar-refractivity contribution in [2.45, 2.75) is 26.2 Å². The first kappa shape index (κ1) is 15.2. The number of carbonyl (C=O) groups excluding carboxylic acids is 1. The largest absolute Gasteiger partial charge is 0.356 e. The zero-order valence-electron chi connectivity index (χ0n) is 10.8. The quantitative estimate of drug-likeness (QED) is 0.760. The van der Waals surface area contributed by atoms with Crippen LogP contribution >= 0.6 is 15.9 Å².